The molecule has 0 radical (unpaired) electrons. The summed E-state index contributed by atoms with van der Waals surface area (Å²) in [5.41, 5.74) is 3.81. The quantitative estimate of drug-likeness (QED) is 0.291. The van der Waals surface area contributed by atoms with E-state index in [1.807, 2.05) is 42.5 Å². The van der Waals surface area contributed by atoms with Gasteiger partial charge < -0.3 is 24.1 Å². The number of carbonyl (C=O) groups excluding carboxylic acids is 1. The average Bonchev–Trinajstić information content (AvgIpc) is 3.56. The van der Waals surface area contributed by atoms with Crippen molar-refractivity contribution < 1.29 is 19.0 Å². The topological polar surface area (TPSA) is 74.6 Å². The van der Waals surface area contributed by atoms with E-state index in [1.54, 1.807) is 26.4 Å². The highest BCUT2D eigenvalue weighted by Gasteiger charge is 2.22. The molecule has 0 aliphatic carbocycles. The van der Waals surface area contributed by atoms with Crippen molar-refractivity contribution in [2.75, 3.05) is 20.8 Å². The van der Waals surface area contributed by atoms with E-state index in [1.165, 1.54) is 0 Å². The van der Waals surface area contributed by atoms with Crippen LogP contribution in [-0.4, -0.2) is 42.4 Å². The molecule has 5 rings (SSSR count). The van der Waals surface area contributed by atoms with Crippen molar-refractivity contribution >= 4 is 40.1 Å². The molecule has 1 amide bonds. The first-order valence-corrected chi connectivity index (χ1v) is 12.8. The van der Waals surface area contributed by atoms with Gasteiger partial charge in [0, 0.05) is 29.8 Å². The number of imidazole rings is 1. The zero-order valence-electron chi connectivity index (χ0n) is 20.6. The predicted octanol–water partition coefficient (Wildman–Crippen LogP) is 6.14. The van der Waals surface area contributed by atoms with Gasteiger partial charge in [0.15, 0.2) is 11.5 Å². The highest BCUT2D eigenvalue weighted by molar-refractivity contribution is 6.42. The largest absolute Gasteiger partial charge is 0.493 e. The maximum Gasteiger partial charge on any atom is 0.251 e. The van der Waals surface area contributed by atoms with Gasteiger partial charge in [-0.2, -0.15) is 0 Å². The van der Waals surface area contributed by atoms with E-state index in [9.17, 15) is 4.79 Å². The molecular weight excluding hydrogens is 513 g/mol. The van der Waals surface area contributed by atoms with Gasteiger partial charge in [0.25, 0.3) is 5.91 Å². The molecule has 0 spiro atoms. The van der Waals surface area contributed by atoms with Crippen molar-refractivity contribution in [3.8, 4) is 22.9 Å². The minimum absolute atomic E-state index is 0.111. The van der Waals surface area contributed by atoms with Crippen LogP contribution in [0.5, 0.6) is 11.5 Å². The van der Waals surface area contributed by atoms with Crippen LogP contribution in [0.1, 0.15) is 28.8 Å². The molecule has 1 aromatic heterocycles. The SMILES string of the molecule is COc1cccc(CNC(=O)c2ccc3c(c2)nc(-c2ccc(Cl)c(Cl)c2)n3CC2CCCO2)c1OC. The summed E-state index contributed by atoms with van der Waals surface area (Å²) < 4.78 is 18.9. The molecule has 1 N–H and O–H groups in total. The Labute approximate surface area is 225 Å². The molecule has 0 saturated carbocycles. The highest BCUT2D eigenvalue weighted by atomic mass is 35.5. The molecule has 1 fully saturated rings. The molecule has 9 heteroatoms. The molecule has 2 heterocycles. The first kappa shape index (κ1) is 25.4. The van der Waals surface area contributed by atoms with Crippen LogP contribution in [0.25, 0.3) is 22.4 Å². The van der Waals surface area contributed by atoms with Crippen molar-refractivity contribution in [1.82, 2.24) is 14.9 Å². The van der Waals surface area contributed by atoms with Crippen molar-refractivity contribution in [2.45, 2.75) is 32.0 Å². The lowest BCUT2D eigenvalue weighted by Crippen LogP contribution is -2.23. The number of hydrogen-bond donors (Lipinski definition) is 1. The van der Waals surface area contributed by atoms with Gasteiger partial charge in [0.05, 0.1) is 47.9 Å². The fraction of sp³-hybridized carbons (Fsp3) is 0.286. The number of nitrogens with one attached hydrogen (secondary N) is 1. The Morgan fingerprint density at radius 1 is 1.11 bits per heavy atom. The summed E-state index contributed by atoms with van der Waals surface area (Å²) in [5, 5.41) is 3.92. The Hall–Kier alpha value is -3.26. The summed E-state index contributed by atoms with van der Waals surface area (Å²) >= 11 is 12.5. The van der Waals surface area contributed by atoms with E-state index in [4.69, 9.17) is 42.4 Å². The third-order valence-corrected chi connectivity index (χ3v) is 7.26. The lowest BCUT2D eigenvalue weighted by Gasteiger charge is -2.15. The molecule has 192 valence electrons. The number of nitrogens with zero attached hydrogens (tertiary/aromatic N) is 2. The van der Waals surface area contributed by atoms with Crippen LogP contribution in [0.2, 0.25) is 10.0 Å². The van der Waals surface area contributed by atoms with Crippen LogP contribution < -0.4 is 14.8 Å². The van der Waals surface area contributed by atoms with Crippen LogP contribution in [0, 0.1) is 0 Å². The second-order valence-electron chi connectivity index (χ2n) is 8.85. The average molecular weight is 540 g/mol. The summed E-state index contributed by atoms with van der Waals surface area (Å²) in [6.07, 6.45) is 2.15. The Balaban J connectivity index is 1.45. The third kappa shape index (κ3) is 5.25. The van der Waals surface area contributed by atoms with Gasteiger partial charge in [-0.15, -0.1) is 0 Å². The molecule has 1 atom stereocenters. The van der Waals surface area contributed by atoms with Gasteiger partial charge in [0.1, 0.15) is 5.82 Å². The molecule has 37 heavy (non-hydrogen) atoms. The summed E-state index contributed by atoms with van der Waals surface area (Å²) in [5.74, 6) is 1.75. The van der Waals surface area contributed by atoms with Crippen molar-refractivity contribution in [3.63, 3.8) is 0 Å². The molecule has 1 unspecified atom stereocenters. The maximum absolute atomic E-state index is 13.1. The third-order valence-electron chi connectivity index (χ3n) is 6.52. The van der Waals surface area contributed by atoms with Gasteiger partial charge in [-0.1, -0.05) is 35.3 Å². The van der Waals surface area contributed by atoms with E-state index >= 15 is 0 Å². The van der Waals surface area contributed by atoms with Crippen molar-refractivity contribution in [2.24, 2.45) is 0 Å². The smallest absolute Gasteiger partial charge is 0.251 e. The number of hydrogen-bond acceptors (Lipinski definition) is 5. The van der Waals surface area contributed by atoms with E-state index < -0.39 is 0 Å². The molecule has 1 aliphatic rings. The number of para-hydroxylation sites is 1. The van der Waals surface area contributed by atoms with E-state index in [-0.39, 0.29) is 12.0 Å². The molecule has 4 aromatic rings. The Morgan fingerprint density at radius 3 is 2.70 bits per heavy atom. The number of carbonyl (C=O) groups is 1. The highest BCUT2D eigenvalue weighted by Crippen LogP contribution is 2.33. The fourth-order valence-corrected chi connectivity index (χ4v) is 4.97. The van der Waals surface area contributed by atoms with Gasteiger partial charge >= 0.3 is 0 Å². The predicted molar refractivity (Wildman–Crippen MR) is 145 cm³/mol. The Bertz CT molecular complexity index is 1450. The van der Waals surface area contributed by atoms with Gasteiger partial charge in [-0.3, -0.25) is 4.79 Å². The monoisotopic (exact) mass is 539 g/mol. The van der Waals surface area contributed by atoms with Gasteiger partial charge in [0.2, 0.25) is 0 Å². The summed E-state index contributed by atoms with van der Waals surface area (Å²) in [6.45, 7) is 1.72. The van der Waals surface area contributed by atoms with Crippen LogP contribution in [0.3, 0.4) is 0 Å². The Kier molecular flexibility index (Phi) is 7.55. The first-order valence-electron chi connectivity index (χ1n) is 12.0. The number of rotatable bonds is 8. The fourth-order valence-electron chi connectivity index (χ4n) is 4.67. The molecule has 1 saturated heterocycles. The number of benzene rings is 3. The van der Waals surface area contributed by atoms with Crippen molar-refractivity contribution in [1.29, 1.82) is 0 Å². The number of fused-ring (bicyclic) bond motifs is 1. The second kappa shape index (κ2) is 11.0. The van der Waals surface area contributed by atoms with Crippen molar-refractivity contribution in [3.05, 3.63) is 75.8 Å². The molecular formula is C28H27Cl2N3O4. The number of aromatic nitrogens is 2. The van der Waals surface area contributed by atoms with Crippen LogP contribution in [0.15, 0.2) is 54.6 Å². The van der Waals surface area contributed by atoms with E-state index in [0.717, 1.165) is 41.9 Å². The standard InChI is InChI=1S/C28H27Cl2N3O4/c1-35-25-7-3-5-19(26(25)36-2)15-31-28(34)18-9-11-24-23(14-18)32-27(17-8-10-21(29)22(30)13-17)33(24)16-20-6-4-12-37-20/h3,5,7-11,13-14,20H,4,6,12,15-16H2,1-2H3,(H,31,34). The normalized spacial score (nSPS) is 15.2. The summed E-state index contributed by atoms with van der Waals surface area (Å²) in [4.78, 5) is 18.0. The van der Waals surface area contributed by atoms with E-state index in [2.05, 4.69) is 9.88 Å². The lowest BCUT2D eigenvalue weighted by atomic mass is 10.1. The molecule has 3 aromatic carbocycles. The minimum atomic E-state index is -0.212. The Morgan fingerprint density at radius 2 is 1.97 bits per heavy atom. The molecule has 0 bridgehead atoms. The van der Waals surface area contributed by atoms with Crippen LogP contribution in [0.4, 0.5) is 0 Å². The lowest BCUT2D eigenvalue weighted by molar-refractivity contribution is 0.0950. The number of ether oxygens (including phenoxy) is 3. The van der Waals surface area contributed by atoms with Crippen LogP contribution in [-0.2, 0) is 17.8 Å². The number of amides is 1. The van der Waals surface area contributed by atoms with Gasteiger partial charge in [-0.05, 0) is 55.3 Å². The zero-order valence-corrected chi connectivity index (χ0v) is 22.1. The summed E-state index contributed by atoms with van der Waals surface area (Å²) in [6, 6.07) is 16.6. The number of methoxy groups -OCH3 is 2. The second-order valence-corrected chi connectivity index (χ2v) is 9.66. The van der Waals surface area contributed by atoms with Gasteiger partial charge in [-0.25, -0.2) is 4.98 Å². The summed E-state index contributed by atoms with van der Waals surface area (Å²) in [7, 11) is 3.16. The number of halogens is 2. The maximum atomic E-state index is 13.1. The molecule has 1 aliphatic heterocycles. The zero-order chi connectivity index (χ0) is 25.9. The minimum Gasteiger partial charge on any atom is -0.493 e. The van der Waals surface area contributed by atoms with E-state index in [0.29, 0.717) is 45.7 Å². The first-order chi connectivity index (χ1) is 18.0. The molecule has 7 nitrogen and oxygen atoms in total. The van der Waals surface area contributed by atoms with Crippen LogP contribution >= 0.6 is 23.2 Å².